The van der Waals surface area contributed by atoms with E-state index in [1.807, 2.05) is 0 Å². The van der Waals surface area contributed by atoms with Crippen LogP contribution in [0.4, 0.5) is 0 Å². The van der Waals surface area contributed by atoms with Crippen molar-refractivity contribution in [1.29, 1.82) is 0 Å². The number of rotatable bonds is 4. The Kier molecular flexibility index (Phi) is 4.19. The fourth-order valence-electron chi connectivity index (χ4n) is 3.46. The summed E-state index contributed by atoms with van der Waals surface area (Å²) in [7, 11) is 0. The molecule has 0 radical (unpaired) electrons. The van der Waals surface area contributed by atoms with Gasteiger partial charge in [-0.25, -0.2) is 0 Å². The highest BCUT2D eigenvalue weighted by molar-refractivity contribution is 5.19. The lowest BCUT2D eigenvalue weighted by atomic mass is 10.0. The van der Waals surface area contributed by atoms with E-state index in [0.29, 0.717) is 6.04 Å². The minimum absolute atomic E-state index is 0.599. The largest absolute Gasteiger partial charge is 0.312 e. The molecule has 0 spiro atoms. The molecule has 1 heterocycles. The monoisotopic (exact) mass is 258 g/mol. The first-order valence-corrected chi connectivity index (χ1v) is 7.91. The fourth-order valence-corrected chi connectivity index (χ4v) is 3.46. The summed E-state index contributed by atoms with van der Waals surface area (Å²) in [4.78, 5) is 2.72. The zero-order valence-corrected chi connectivity index (χ0v) is 12.0. The molecule has 1 aromatic rings. The van der Waals surface area contributed by atoms with Gasteiger partial charge >= 0.3 is 0 Å². The Morgan fingerprint density at radius 1 is 1.26 bits per heavy atom. The average molecular weight is 258 g/mol. The van der Waals surface area contributed by atoms with E-state index in [0.717, 1.165) is 12.0 Å². The van der Waals surface area contributed by atoms with Crippen LogP contribution in [0.15, 0.2) is 30.3 Å². The topological polar surface area (TPSA) is 15.3 Å². The van der Waals surface area contributed by atoms with Crippen LogP contribution in [0.5, 0.6) is 0 Å². The van der Waals surface area contributed by atoms with Crippen LogP contribution in [-0.4, -0.2) is 30.6 Å². The molecular formula is C17H26N2. The summed E-state index contributed by atoms with van der Waals surface area (Å²) >= 11 is 0. The van der Waals surface area contributed by atoms with Crippen LogP contribution in [0, 0.1) is 5.92 Å². The van der Waals surface area contributed by atoms with Crippen LogP contribution in [0.2, 0.25) is 0 Å². The predicted molar refractivity (Wildman–Crippen MR) is 80.2 cm³/mol. The van der Waals surface area contributed by atoms with E-state index in [9.17, 15) is 0 Å². The van der Waals surface area contributed by atoms with Gasteiger partial charge in [0, 0.05) is 25.2 Å². The third-order valence-corrected chi connectivity index (χ3v) is 4.66. The molecule has 1 aliphatic heterocycles. The second-order valence-corrected chi connectivity index (χ2v) is 6.08. The van der Waals surface area contributed by atoms with Gasteiger partial charge in [0.15, 0.2) is 0 Å². The van der Waals surface area contributed by atoms with Crippen LogP contribution >= 0.6 is 0 Å². The maximum atomic E-state index is 3.76. The van der Waals surface area contributed by atoms with E-state index in [1.54, 1.807) is 0 Å². The Morgan fingerprint density at radius 3 is 2.74 bits per heavy atom. The zero-order chi connectivity index (χ0) is 13.1. The molecule has 1 N–H and O–H groups in total. The number of nitrogens with one attached hydrogen (secondary N) is 1. The standard InChI is InChI=1S/C17H26N2/c1-2-17(15-7-4-3-5-8-15)19-12-6-11-18-16(13-19)14-9-10-14/h3-5,7-8,14,16-18H,2,6,9-13H2,1H3. The van der Waals surface area contributed by atoms with Crippen molar-refractivity contribution < 1.29 is 0 Å². The van der Waals surface area contributed by atoms with Gasteiger partial charge < -0.3 is 5.32 Å². The molecular weight excluding hydrogens is 232 g/mol. The first-order chi connectivity index (χ1) is 9.38. The first kappa shape index (κ1) is 13.1. The van der Waals surface area contributed by atoms with Crippen molar-refractivity contribution in [3.63, 3.8) is 0 Å². The Balaban J connectivity index is 1.73. The molecule has 2 fully saturated rings. The second kappa shape index (κ2) is 6.06. The third-order valence-electron chi connectivity index (χ3n) is 4.66. The molecule has 1 aromatic carbocycles. The van der Waals surface area contributed by atoms with Gasteiger partial charge in [-0.15, -0.1) is 0 Å². The first-order valence-electron chi connectivity index (χ1n) is 7.91. The molecule has 104 valence electrons. The summed E-state index contributed by atoms with van der Waals surface area (Å²) in [5.74, 6) is 0.953. The quantitative estimate of drug-likeness (QED) is 0.892. The van der Waals surface area contributed by atoms with Crippen molar-refractivity contribution in [2.24, 2.45) is 5.92 Å². The van der Waals surface area contributed by atoms with Crippen LogP contribution in [0.25, 0.3) is 0 Å². The van der Waals surface area contributed by atoms with Crippen molar-refractivity contribution >= 4 is 0 Å². The number of nitrogens with zero attached hydrogens (tertiary/aromatic N) is 1. The highest BCUT2D eigenvalue weighted by Gasteiger charge is 2.34. The second-order valence-electron chi connectivity index (χ2n) is 6.08. The Bertz CT molecular complexity index is 386. The minimum atomic E-state index is 0.599. The Morgan fingerprint density at radius 2 is 2.05 bits per heavy atom. The van der Waals surface area contributed by atoms with Crippen molar-refractivity contribution in [2.75, 3.05) is 19.6 Å². The summed E-state index contributed by atoms with van der Waals surface area (Å²) in [5, 5.41) is 3.76. The Hall–Kier alpha value is -0.860. The smallest absolute Gasteiger partial charge is 0.0346 e. The summed E-state index contributed by atoms with van der Waals surface area (Å²) in [6.45, 7) is 5.99. The molecule has 3 rings (SSSR count). The molecule has 2 nitrogen and oxygen atoms in total. The van der Waals surface area contributed by atoms with Gasteiger partial charge in [0.2, 0.25) is 0 Å². The molecule has 0 aromatic heterocycles. The van der Waals surface area contributed by atoms with Gasteiger partial charge in [0.25, 0.3) is 0 Å². The van der Waals surface area contributed by atoms with Crippen molar-refractivity contribution in [3.8, 4) is 0 Å². The van der Waals surface area contributed by atoms with Crippen LogP contribution in [0.3, 0.4) is 0 Å². The summed E-state index contributed by atoms with van der Waals surface area (Å²) < 4.78 is 0. The summed E-state index contributed by atoms with van der Waals surface area (Å²) in [6, 6.07) is 12.4. The molecule has 1 aliphatic carbocycles. The number of hydrogen-bond acceptors (Lipinski definition) is 2. The normalized spacial score (nSPS) is 26.9. The molecule has 1 saturated carbocycles. The minimum Gasteiger partial charge on any atom is -0.312 e. The number of hydrogen-bond donors (Lipinski definition) is 1. The fraction of sp³-hybridized carbons (Fsp3) is 0.647. The molecule has 2 aliphatic rings. The molecule has 1 saturated heterocycles. The SMILES string of the molecule is CCC(c1ccccc1)N1CCCNC(C2CC2)C1. The van der Waals surface area contributed by atoms with E-state index >= 15 is 0 Å². The molecule has 0 amide bonds. The maximum Gasteiger partial charge on any atom is 0.0346 e. The lowest BCUT2D eigenvalue weighted by Crippen LogP contribution is -2.40. The van der Waals surface area contributed by atoms with Crippen molar-refractivity contribution in [2.45, 2.75) is 44.7 Å². The molecule has 19 heavy (non-hydrogen) atoms. The van der Waals surface area contributed by atoms with Gasteiger partial charge in [-0.1, -0.05) is 37.3 Å². The van der Waals surface area contributed by atoms with Gasteiger partial charge in [-0.05, 0) is 43.7 Å². The summed E-state index contributed by atoms with van der Waals surface area (Å²) in [5.41, 5.74) is 1.49. The number of benzene rings is 1. The van der Waals surface area contributed by atoms with Crippen LogP contribution < -0.4 is 5.32 Å². The van der Waals surface area contributed by atoms with Gasteiger partial charge in [0.1, 0.15) is 0 Å². The van der Waals surface area contributed by atoms with E-state index in [4.69, 9.17) is 0 Å². The van der Waals surface area contributed by atoms with Crippen molar-refractivity contribution in [1.82, 2.24) is 10.2 Å². The van der Waals surface area contributed by atoms with Gasteiger partial charge in [-0.3, -0.25) is 4.90 Å². The van der Waals surface area contributed by atoms with E-state index < -0.39 is 0 Å². The molecule has 2 heteroatoms. The molecule has 0 bridgehead atoms. The molecule has 2 atom stereocenters. The lowest BCUT2D eigenvalue weighted by Gasteiger charge is -2.32. The van der Waals surface area contributed by atoms with Gasteiger partial charge in [-0.2, -0.15) is 0 Å². The van der Waals surface area contributed by atoms with E-state index in [1.165, 1.54) is 50.9 Å². The molecule has 2 unspecified atom stereocenters. The van der Waals surface area contributed by atoms with Crippen molar-refractivity contribution in [3.05, 3.63) is 35.9 Å². The highest BCUT2D eigenvalue weighted by atomic mass is 15.2. The third kappa shape index (κ3) is 3.18. The van der Waals surface area contributed by atoms with E-state index in [-0.39, 0.29) is 0 Å². The van der Waals surface area contributed by atoms with Gasteiger partial charge in [0.05, 0.1) is 0 Å². The average Bonchev–Trinajstić information content (AvgIpc) is 3.27. The zero-order valence-electron chi connectivity index (χ0n) is 12.0. The highest BCUT2D eigenvalue weighted by Crippen LogP contribution is 2.35. The Labute approximate surface area is 117 Å². The van der Waals surface area contributed by atoms with Crippen LogP contribution in [-0.2, 0) is 0 Å². The lowest BCUT2D eigenvalue weighted by molar-refractivity contribution is 0.183. The van der Waals surface area contributed by atoms with Crippen LogP contribution in [0.1, 0.15) is 44.2 Å². The van der Waals surface area contributed by atoms with E-state index in [2.05, 4.69) is 47.5 Å². The maximum absolute atomic E-state index is 3.76. The predicted octanol–water partition coefficient (Wildman–Crippen LogP) is 3.21. The summed E-state index contributed by atoms with van der Waals surface area (Å²) in [6.07, 6.45) is 5.37.